The summed E-state index contributed by atoms with van der Waals surface area (Å²) in [5.74, 6) is 3.91. The van der Waals surface area contributed by atoms with E-state index >= 15 is 0 Å². The maximum atomic E-state index is 12.5. The summed E-state index contributed by atoms with van der Waals surface area (Å²) in [6.45, 7) is 6.34. The molecule has 0 aromatic heterocycles. The van der Waals surface area contributed by atoms with Crippen molar-refractivity contribution in [3.05, 3.63) is 52.6 Å². The van der Waals surface area contributed by atoms with Gasteiger partial charge in [-0.2, -0.15) is 0 Å². The monoisotopic (exact) mass is 551 g/mol. The first-order valence-corrected chi connectivity index (χ1v) is 13.3. The van der Waals surface area contributed by atoms with E-state index < -0.39 is 11.7 Å². The Kier molecular flexibility index (Phi) is 7.78. The van der Waals surface area contributed by atoms with E-state index in [1.165, 1.54) is 13.8 Å². The lowest BCUT2D eigenvalue weighted by Gasteiger charge is -2.26. The van der Waals surface area contributed by atoms with Gasteiger partial charge in [0, 0.05) is 57.9 Å². The average molecular weight is 551 g/mol. The van der Waals surface area contributed by atoms with Gasteiger partial charge >= 0.3 is 6.09 Å². The molecule has 5 nitrogen and oxygen atoms in total. The van der Waals surface area contributed by atoms with Crippen molar-refractivity contribution in [2.45, 2.75) is 45.9 Å². The summed E-state index contributed by atoms with van der Waals surface area (Å²) in [6.07, 6.45) is 0.337. The van der Waals surface area contributed by atoms with Crippen LogP contribution in [0.4, 0.5) is 4.79 Å². The van der Waals surface area contributed by atoms with Gasteiger partial charge in [0.1, 0.15) is 11.4 Å². The van der Waals surface area contributed by atoms with Crippen LogP contribution in [0.5, 0.6) is 5.75 Å². The lowest BCUT2D eigenvalue weighted by Crippen LogP contribution is -2.34. The van der Waals surface area contributed by atoms with E-state index in [2.05, 4.69) is 32.4 Å². The van der Waals surface area contributed by atoms with Crippen LogP contribution < -0.4 is 4.74 Å². The van der Waals surface area contributed by atoms with E-state index in [0.717, 1.165) is 45.6 Å². The van der Waals surface area contributed by atoms with Crippen LogP contribution in [-0.2, 0) is 24.3 Å². The van der Waals surface area contributed by atoms with Crippen molar-refractivity contribution < 1.29 is 19.4 Å². The number of carbonyl (C=O) groups excluding carboxylic acids is 1. The van der Waals surface area contributed by atoms with E-state index in [-0.39, 0.29) is 6.61 Å². The number of hydrogen-bond acceptors (Lipinski definition) is 5. The van der Waals surface area contributed by atoms with Crippen molar-refractivity contribution >= 4 is 36.2 Å². The molecule has 0 fully saturated rings. The second kappa shape index (κ2) is 10.2. The van der Waals surface area contributed by atoms with Crippen LogP contribution in [0.1, 0.15) is 43.0 Å². The van der Waals surface area contributed by atoms with Crippen molar-refractivity contribution in [2.75, 3.05) is 13.7 Å². The van der Waals surface area contributed by atoms with E-state index in [0.29, 0.717) is 13.2 Å². The van der Waals surface area contributed by atoms with E-state index in [1.54, 1.807) is 7.05 Å². The maximum absolute atomic E-state index is 12.5. The standard InChI is InChI=1S/C24H26INO4S/c1-24(2,3)30-23(28)26(4)14-18-13-20(22-19(9-11-29-22)21(18)15-27)17-7-5-16(6-8-17)10-12-31-25/h5-8,13,27H,9,11,14-15H2,1-4H3. The van der Waals surface area contributed by atoms with Gasteiger partial charge in [0.25, 0.3) is 0 Å². The minimum Gasteiger partial charge on any atom is -0.492 e. The zero-order valence-electron chi connectivity index (χ0n) is 18.1. The normalized spacial score (nSPS) is 12.5. The SMILES string of the molecule is CN(Cc1cc(-c2ccc(C#CSI)cc2)c2c(c1CO)CCO2)C(=O)OC(C)(C)C. The second-order valence-electron chi connectivity index (χ2n) is 8.34. The van der Waals surface area contributed by atoms with E-state index in [1.807, 2.05) is 51.1 Å². The minimum atomic E-state index is -0.567. The summed E-state index contributed by atoms with van der Waals surface area (Å²) in [5, 5.41) is 13.1. The van der Waals surface area contributed by atoms with Crippen molar-refractivity contribution in [3.63, 3.8) is 0 Å². The Balaban J connectivity index is 1.98. The summed E-state index contributed by atoms with van der Waals surface area (Å²) in [5.41, 5.74) is 5.08. The van der Waals surface area contributed by atoms with Gasteiger partial charge in [0.15, 0.2) is 0 Å². The van der Waals surface area contributed by atoms with Crippen LogP contribution in [0.15, 0.2) is 30.3 Å². The molecule has 3 rings (SSSR count). The predicted octanol–water partition coefficient (Wildman–Crippen LogP) is 5.54. The number of benzene rings is 2. The molecule has 1 heterocycles. The summed E-state index contributed by atoms with van der Waals surface area (Å²) in [4.78, 5) is 14.0. The molecule has 0 saturated heterocycles. The summed E-state index contributed by atoms with van der Waals surface area (Å²) < 4.78 is 11.4. The van der Waals surface area contributed by atoms with E-state index in [9.17, 15) is 9.90 Å². The lowest BCUT2D eigenvalue weighted by molar-refractivity contribution is 0.0284. The molecule has 7 heteroatoms. The number of amides is 1. The number of aliphatic hydroxyl groups is 1. The van der Waals surface area contributed by atoms with Gasteiger partial charge < -0.3 is 19.5 Å². The van der Waals surface area contributed by atoms with Gasteiger partial charge in [-0.3, -0.25) is 0 Å². The Morgan fingerprint density at radius 3 is 2.65 bits per heavy atom. The highest BCUT2D eigenvalue weighted by Crippen LogP contribution is 2.41. The number of fused-ring (bicyclic) bond motifs is 1. The third-order valence-corrected chi connectivity index (χ3v) is 5.73. The quantitative estimate of drug-likeness (QED) is 0.400. The van der Waals surface area contributed by atoms with Gasteiger partial charge in [-0.15, -0.1) is 0 Å². The molecular formula is C24H26INO4S. The van der Waals surface area contributed by atoms with Gasteiger partial charge in [0.05, 0.1) is 13.2 Å². The highest BCUT2D eigenvalue weighted by molar-refractivity contribution is 14.2. The fourth-order valence-electron chi connectivity index (χ4n) is 3.53. The average Bonchev–Trinajstić information content (AvgIpc) is 3.20. The number of nitrogens with zero attached hydrogens (tertiary/aromatic N) is 1. The van der Waals surface area contributed by atoms with Crippen LogP contribution in [0.2, 0.25) is 0 Å². The van der Waals surface area contributed by atoms with Crippen molar-refractivity contribution in [2.24, 2.45) is 0 Å². The third-order valence-electron chi connectivity index (χ3n) is 4.89. The largest absolute Gasteiger partial charge is 0.492 e. The highest BCUT2D eigenvalue weighted by atomic mass is 127. The van der Waals surface area contributed by atoms with Crippen LogP contribution >= 0.6 is 30.1 Å². The summed E-state index contributed by atoms with van der Waals surface area (Å²) >= 11 is 2.15. The van der Waals surface area contributed by atoms with E-state index in [4.69, 9.17) is 9.47 Å². The fourth-order valence-corrected chi connectivity index (χ4v) is 4.02. The first-order valence-electron chi connectivity index (χ1n) is 9.98. The van der Waals surface area contributed by atoms with Gasteiger partial charge in [-0.05, 0) is 69.8 Å². The van der Waals surface area contributed by atoms with Crippen molar-refractivity contribution in [3.8, 4) is 28.0 Å². The number of aliphatic hydroxyl groups excluding tert-OH is 1. The molecule has 31 heavy (non-hydrogen) atoms. The fraction of sp³-hybridized carbons (Fsp3) is 0.375. The molecule has 1 N–H and O–H groups in total. The number of hydrogen-bond donors (Lipinski definition) is 1. The first-order chi connectivity index (χ1) is 14.7. The molecule has 1 aliphatic rings. The number of carbonyl (C=O) groups is 1. The lowest BCUT2D eigenvalue weighted by atomic mass is 9.92. The van der Waals surface area contributed by atoms with Gasteiger partial charge in [-0.1, -0.05) is 18.1 Å². The van der Waals surface area contributed by atoms with Crippen molar-refractivity contribution in [1.82, 2.24) is 4.90 Å². The minimum absolute atomic E-state index is 0.105. The molecule has 164 valence electrons. The number of ether oxygens (including phenoxy) is 2. The molecule has 0 spiro atoms. The molecule has 0 saturated carbocycles. The molecule has 1 amide bonds. The summed E-state index contributed by atoms with van der Waals surface area (Å²) in [6, 6.07) is 10.0. The molecule has 0 bridgehead atoms. The predicted molar refractivity (Wildman–Crippen MR) is 133 cm³/mol. The molecule has 0 unspecified atom stereocenters. The topological polar surface area (TPSA) is 59.0 Å². The van der Waals surface area contributed by atoms with Crippen LogP contribution in [0.3, 0.4) is 0 Å². The third kappa shape index (κ3) is 5.88. The first kappa shape index (κ1) is 23.8. The smallest absolute Gasteiger partial charge is 0.410 e. The Labute approximate surface area is 200 Å². The molecule has 0 atom stereocenters. The zero-order chi connectivity index (χ0) is 22.6. The Hall–Kier alpha value is -1.89. The van der Waals surface area contributed by atoms with Crippen LogP contribution in [-0.4, -0.2) is 35.4 Å². The van der Waals surface area contributed by atoms with Gasteiger partial charge in [0.2, 0.25) is 0 Å². The molecule has 2 aromatic rings. The van der Waals surface area contributed by atoms with Crippen molar-refractivity contribution in [1.29, 1.82) is 0 Å². The Bertz CT molecular complexity index is 1020. The second-order valence-corrected chi connectivity index (χ2v) is 10.0. The molecular weight excluding hydrogens is 525 g/mol. The molecule has 2 aromatic carbocycles. The Morgan fingerprint density at radius 2 is 2.03 bits per heavy atom. The van der Waals surface area contributed by atoms with Gasteiger partial charge in [-0.25, -0.2) is 4.79 Å². The zero-order valence-corrected chi connectivity index (χ0v) is 21.1. The Morgan fingerprint density at radius 1 is 1.32 bits per heavy atom. The molecule has 0 radical (unpaired) electrons. The highest BCUT2D eigenvalue weighted by Gasteiger charge is 2.26. The van der Waals surface area contributed by atoms with Crippen LogP contribution in [0, 0.1) is 11.2 Å². The molecule has 0 aliphatic carbocycles. The maximum Gasteiger partial charge on any atom is 0.410 e. The number of halogens is 1. The number of rotatable bonds is 4. The molecule has 1 aliphatic heterocycles. The summed E-state index contributed by atoms with van der Waals surface area (Å²) in [7, 11) is 3.16. The van der Waals surface area contributed by atoms with Crippen LogP contribution in [0.25, 0.3) is 11.1 Å².